The molecule has 1 atom stereocenters. The second-order valence-corrected chi connectivity index (χ2v) is 7.09. The van der Waals surface area contributed by atoms with Gasteiger partial charge in [0.05, 0.1) is 12.1 Å². The van der Waals surface area contributed by atoms with Crippen LogP contribution in [0.15, 0.2) is 12.1 Å². The lowest BCUT2D eigenvalue weighted by atomic mass is 9.85. The highest BCUT2D eigenvalue weighted by molar-refractivity contribution is 6.34. The van der Waals surface area contributed by atoms with Crippen LogP contribution in [-0.4, -0.2) is 13.7 Å². The van der Waals surface area contributed by atoms with Crippen LogP contribution in [0.4, 0.5) is 0 Å². The molecule has 0 aliphatic rings. The molecule has 0 aromatic heterocycles. The van der Waals surface area contributed by atoms with Crippen molar-refractivity contribution in [2.75, 3.05) is 13.7 Å². The number of rotatable bonds is 6. The Balaban J connectivity index is 3.09. The van der Waals surface area contributed by atoms with E-state index >= 15 is 0 Å². The zero-order valence-electron chi connectivity index (χ0n) is 13.0. The number of halogens is 2. The predicted molar refractivity (Wildman–Crippen MR) is 88.1 cm³/mol. The molecular weight excluding hydrogens is 293 g/mol. The minimum absolute atomic E-state index is 0.200. The van der Waals surface area contributed by atoms with Gasteiger partial charge in [-0.25, -0.2) is 0 Å². The van der Waals surface area contributed by atoms with Crippen LogP contribution in [-0.2, 0) is 0 Å². The summed E-state index contributed by atoms with van der Waals surface area (Å²) in [5.74, 6) is 0.616. The molecule has 0 radical (unpaired) electrons. The Bertz CT molecular complexity index is 441. The Morgan fingerprint density at radius 2 is 1.85 bits per heavy atom. The van der Waals surface area contributed by atoms with Gasteiger partial charge in [-0.1, -0.05) is 50.9 Å². The van der Waals surface area contributed by atoms with Gasteiger partial charge in [0.25, 0.3) is 0 Å². The van der Waals surface area contributed by atoms with E-state index in [9.17, 15) is 0 Å². The van der Waals surface area contributed by atoms with E-state index in [1.54, 1.807) is 13.2 Å². The molecule has 0 amide bonds. The molecule has 4 heteroatoms. The van der Waals surface area contributed by atoms with Crippen molar-refractivity contribution in [2.24, 2.45) is 5.41 Å². The van der Waals surface area contributed by atoms with Gasteiger partial charge in [0.15, 0.2) is 0 Å². The van der Waals surface area contributed by atoms with Crippen molar-refractivity contribution in [1.82, 2.24) is 5.32 Å². The van der Waals surface area contributed by atoms with Crippen molar-refractivity contribution in [3.05, 3.63) is 27.7 Å². The van der Waals surface area contributed by atoms with E-state index in [2.05, 4.69) is 33.0 Å². The molecular formula is C16H25Cl2NO. The maximum atomic E-state index is 6.40. The molecule has 0 bridgehead atoms. The Labute approximate surface area is 132 Å². The lowest BCUT2D eigenvalue weighted by Gasteiger charge is -2.28. The van der Waals surface area contributed by atoms with Crippen LogP contribution < -0.4 is 10.1 Å². The van der Waals surface area contributed by atoms with Gasteiger partial charge in [-0.3, -0.25) is 0 Å². The molecule has 0 spiro atoms. The second kappa shape index (κ2) is 7.53. The van der Waals surface area contributed by atoms with Gasteiger partial charge in [-0.2, -0.15) is 0 Å². The van der Waals surface area contributed by atoms with Crippen molar-refractivity contribution in [1.29, 1.82) is 0 Å². The molecule has 1 aromatic carbocycles. The molecule has 20 heavy (non-hydrogen) atoms. The predicted octanol–water partition coefficient (Wildman–Crippen LogP) is 5.48. The molecule has 1 N–H and O–H groups in total. The lowest BCUT2D eigenvalue weighted by Crippen LogP contribution is -2.26. The number of hydrogen-bond donors (Lipinski definition) is 1. The Morgan fingerprint density at radius 3 is 2.35 bits per heavy atom. The van der Waals surface area contributed by atoms with Crippen LogP contribution in [0, 0.1) is 5.41 Å². The van der Waals surface area contributed by atoms with Gasteiger partial charge in [0.2, 0.25) is 0 Å². The summed E-state index contributed by atoms with van der Waals surface area (Å²) in [5.41, 5.74) is 1.25. The van der Waals surface area contributed by atoms with Gasteiger partial charge in [0, 0.05) is 17.1 Å². The molecule has 0 aliphatic carbocycles. The number of benzene rings is 1. The van der Waals surface area contributed by atoms with Gasteiger partial charge in [0.1, 0.15) is 5.75 Å². The van der Waals surface area contributed by atoms with E-state index < -0.39 is 0 Å². The molecule has 0 fully saturated rings. The second-order valence-electron chi connectivity index (χ2n) is 6.28. The highest BCUT2D eigenvalue weighted by Gasteiger charge is 2.22. The first kappa shape index (κ1) is 17.6. The maximum absolute atomic E-state index is 6.40. The third-order valence-electron chi connectivity index (χ3n) is 3.10. The van der Waals surface area contributed by atoms with Gasteiger partial charge in [-0.05, 0) is 36.4 Å². The zero-order valence-corrected chi connectivity index (χ0v) is 14.5. The summed E-state index contributed by atoms with van der Waals surface area (Å²) in [6.45, 7) is 9.80. The fourth-order valence-electron chi connectivity index (χ4n) is 2.19. The van der Waals surface area contributed by atoms with Crippen molar-refractivity contribution >= 4 is 23.2 Å². The first-order chi connectivity index (χ1) is 9.28. The first-order valence-electron chi connectivity index (χ1n) is 7.04. The number of methoxy groups -OCH3 is 1. The van der Waals surface area contributed by atoms with E-state index in [1.165, 1.54) is 0 Å². The maximum Gasteiger partial charge on any atom is 0.138 e. The minimum Gasteiger partial charge on any atom is -0.495 e. The van der Waals surface area contributed by atoms with E-state index in [1.807, 2.05) is 6.07 Å². The Kier molecular flexibility index (Phi) is 6.63. The number of nitrogens with one attached hydrogen (secondary N) is 1. The highest BCUT2D eigenvalue weighted by atomic mass is 35.5. The molecule has 0 aliphatic heterocycles. The first-order valence-corrected chi connectivity index (χ1v) is 7.80. The molecule has 2 nitrogen and oxygen atoms in total. The molecule has 114 valence electrons. The Hall–Kier alpha value is -0.440. The van der Waals surface area contributed by atoms with Gasteiger partial charge in [-0.15, -0.1) is 0 Å². The summed E-state index contributed by atoms with van der Waals surface area (Å²) in [7, 11) is 1.60. The summed E-state index contributed by atoms with van der Waals surface area (Å²) in [6.07, 6.45) is 2.08. The molecule has 1 aromatic rings. The average Bonchev–Trinajstić information content (AvgIpc) is 2.35. The number of ether oxygens (including phenoxy) is 1. The van der Waals surface area contributed by atoms with E-state index in [4.69, 9.17) is 27.9 Å². The van der Waals surface area contributed by atoms with Crippen molar-refractivity contribution in [2.45, 2.75) is 46.6 Å². The monoisotopic (exact) mass is 317 g/mol. The highest BCUT2D eigenvalue weighted by Crippen LogP contribution is 2.38. The van der Waals surface area contributed by atoms with Gasteiger partial charge < -0.3 is 10.1 Å². The van der Waals surface area contributed by atoms with Crippen LogP contribution in [0.1, 0.15) is 52.1 Å². The van der Waals surface area contributed by atoms with Gasteiger partial charge >= 0.3 is 0 Å². The van der Waals surface area contributed by atoms with Crippen molar-refractivity contribution in [3.8, 4) is 5.75 Å². The zero-order chi connectivity index (χ0) is 15.3. The fourth-order valence-corrected chi connectivity index (χ4v) is 2.73. The summed E-state index contributed by atoms with van der Waals surface area (Å²) in [6, 6.07) is 3.91. The van der Waals surface area contributed by atoms with Crippen LogP contribution >= 0.6 is 23.2 Å². The summed E-state index contributed by atoms with van der Waals surface area (Å²) >= 11 is 12.6. The average molecular weight is 318 g/mol. The lowest BCUT2D eigenvalue weighted by molar-refractivity contribution is 0.311. The standard InChI is InChI=1S/C16H25Cl2NO/c1-6-7-19-14(10-16(2,3)4)11-8-13(18)15(20-5)9-12(11)17/h8-9,14,19H,6-7,10H2,1-5H3. The topological polar surface area (TPSA) is 21.3 Å². The minimum atomic E-state index is 0.200. The molecule has 0 saturated carbocycles. The third kappa shape index (κ3) is 5.16. The summed E-state index contributed by atoms with van der Waals surface area (Å²) < 4.78 is 5.21. The molecule has 1 unspecified atom stereocenters. The van der Waals surface area contributed by atoms with Crippen molar-refractivity contribution in [3.63, 3.8) is 0 Å². The van der Waals surface area contributed by atoms with Crippen molar-refractivity contribution < 1.29 is 4.74 Å². The third-order valence-corrected chi connectivity index (χ3v) is 3.73. The van der Waals surface area contributed by atoms with Crippen LogP contribution in [0.25, 0.3) is 0 Å². The van der Waals surface area contributed by atoms with E-state index in [0.29, 0.717) is 15.8 Å². The fraction of sp³-hybridized carbons (Fsp3) is 0.625. The Morgan fingerprint density at radius 1 is 1.20 bits per heavy atom. The molecule has 1 rings (SSSR count). The number of hydrogen-bond acceptors (Lipinski definition) is 2. The SMILES string of the molecule is CCCNC(CC(C)(C)C)c1cc(Cl)c(OC)cc1Cl. The van der Waals surface area contributed by atoms with E-state index in [-0.39, 0.29) is 11.5 Å². The van der Waals surface area contributed by atoms with Crippen LogP contribution in [0.2, 0.25) is 10.0 Å². The summed E-state index contributed by atoms with van der Waals surface area (Å²) in [4.78, 5) is 0. The largest absolute Gasteiger partial charge is 0.495 e. The molecule has 0 saturated heterocycles. The van der Waals surface area contributed by atoms with E-state index in [0.717, 1.165) is 24.9 Å². The summed E-state index contributed by atoms with van der Waals surface area (Å²) in [5, 5.41) is 4.86. The quantitative estimate of drug-likeness (QED) is 0.750. The molecule has 0 heterocycles. The smallest absolute Gasteiger partial charge is 0.138 e. The van der Waals surface area contributed by atoms with Crippen LogP contribution in [0.3, 0.4) is 0 Å². The normalized spacial score (nSPS) is 13.3. The van der Waals surface area contributed by atoms with Crippen LogP contribution in [0.5, 0.6) is 5.75 Å².